The summed E-state index contributed by atoms with van der Waals surface area (Å²) in [5.74, 6) is -1.79. The van der Waals surface area contributed by atoms with Crippen molar-refractivity contribution < 1.29 is 29.1 Å². The van der Waals surface area contributed by atoms with Crippen LogP contribution in [0.25, 0.3) is 0 Å². The smallest absolute Gasteiger partial charge is 0.326 e. The third kappa shape index (κ3) is 8.41. The molecule has 1 saturated heterocycles. The minimum atomic E-state index is -1.04. The minimum absolute atomic E-state index is 0.164. The van der Waals surface area contributed by atoms with E-state index in [4.69, 9.17) is 15.9 Å². The molecule has 1 aliphatic heterocycles. The lowest BCUT2D eigenvalue weighted by molar-refractivity contribution is -0.140. The van der Waals surface area contributed by atoms with Crippen molar-refractivity contribution >= 4 is 29.0 Å². The molecule has 110 valence electrons. The molecule has 1 aliphatic rings. The molecule has 0 saturated carbocycles. The Hall–Kier alpha value is -1.32. The van der Waals surface area contributed by atoms with Crippen LogP contribution in [0, 0.1) is 0 Å². The maximum absolute atomic E-state index is 10.4. The highest BCUT2D eigenvalue weighted by molar-refractivity contribution is 7.90. The molecule has 3 atom stereocenters. The van der Waals surface area contributed by atoms with Crippen molar-refractivity contribution in [1.82, 2.24) is 5.32 Å². The van der Waals surface area contributed by atoms with E-state index in [2.05, 4.69) is 5.32 Å². The van der Waals surface area contributed by atoms with Gasteiger partial charge >= 0.3 is 11.9 Å². The van der Waals surface area contributed by atoms with Crippen molar-refractivity contribution in [3.05, 3.63) is 0 Å². The van der Waals surface area contributed by atoms with Crippen molar-refractivity contribution in [2.45, 2.75) is 31.3 Å². The summed E-state index contributed by atoms with van der Waals surface area (Å²) in [7, 11) is 0. The van der Waals surface area contributed by atoms with Crippen LogP contribution in [0.3, 0.4) is 0 Å². The Morgan fingerprint density at radius 2 is 2.16 bits per heavy atom. The topological polar surface area (TPSA) is 153 Å². The Bertz CT molecular complexity index is 336. The van der Waals surface area contributed by atoms with Gasteiger partial charge in [-0.25, -0.2) is 4.79 Å². The minimum Gasteiger partial charge on any atom is -0.617 e. The number of amides is 1. The third-order valence-corrected chi connectivity index (χ3v) is 3.14. The lowest BCUT2D eigenvalue weighted by Crippen LogP contribution is -2.32. The molecule has 0 aromatic rings. The van der Waals surface area contributed by atoms with Crippen LogP contribution in [0.2, 0.25) is 0 Å². The van der Waals surface area contributed by atoms with E-state index in [9.17, 15) is 18.9 Å². The Morgan fingerprint density at radius 3 is 2.42 bits per heavy atom. The van der Waals surface area contributed by atoms with E-state index in [0.717, 1.165) is 0 Å². The van der Waals surface area contributed by atoms with Gasteiger partial charge in [0.25, 0.3) is 0 Å². The number of hydrogen-bond acceptors (Lipinski definition) is 5. The Labute approximate surface area is 113 Å². The van der Waals surface area contributed by atoms with Crippen LogP contribution in [0.1, 0.15) is 19.3 Å². The first-order valence-corrected chi connectivity index (χ1v) is 7.27. The first-order chi connectivity index (χ1) is 8.73. The highest BCUT2D eigenvalue weighted by atomic mass is 32.2. The van der Waals surface area contributed by atoms with Gasteiger partial charge in [-0.1, -0.05) is 11.2 Å². The quantitative estimate of drug-likeness (QED) is 0.451. The van der Waals surface area contributed by atoms with Gasteiger partial charge in [0.2, 0.25) is 5.91 Å². The highest BCUT2D eigenvalue weighted by Crippen LogP contribution is 2.05. The van der Waals surface area contributed by atoms with Gasteiger partial charge in [0.1, 0.15) is 17.8 Å². The molecule has 1 amide bonds. The number of carboxylic acids is 2. The van der Waals surface area contributed by atoms with E-state index in [1.54, 1.807) is 0 Å². The molecule has 0 aromatic carbocycles. The fourth-order valence-corrected chi connectivity index (χ4v) is 1.80. The summed E-state index contributed by atoms with van der Waals surface area (Å²) >= 11 is -0.946. The standard InChI is InChI=1S/C5H11NO3S.C5H7NO3/c1-10(9)3-2-4(6)5(7)8;7-4-2-1-3(6-4)5(8)9/h4H,2-3,6H2,1H3,(H,7,8);3H,1-2H2,(H,6,7)(H,8,9)/t;3-/m.0/s1. The van der Waals surface area contributed by atoms with Crippen LogP contribution in [0.5, 0.6) is 0 Å². The molecule has 0 aromatic heterocycles. The zero-order valence-corrected chi connectivity index (χ0v) is 11.3. The van der Waals surface area contributed by atoms with Crippen LogP contribution < -0.4 is 11.1 Å². The molecule has 0 bridgehead atoms. The molecule has 0 radical (unpaired) electrons. The summed E-state index contributed by atoms with van der Waals surface area (Å²) in [6.07, 6.45) is 2.57. The number of aliphatic carboxylic acids is 2. The predicted octanol–water partition coefficient (Wildman–Crippen LogP) is -1.48. The van der Waals surface area contributed by atoms with Gasteiger partial charge in [-0.05, 0) is 6.42 Å². The molecule has 19 heavy (non-hydrogen) atoms. The molecule has 1 rings (SSSR count). The average Bonchev–Trinajstić information content (AvgIpc) is 2.73. The fourth-order valence-electron chi connectivity index (χ4n) is 1.22. The van der Waals surface area contributed by atoms with E-state index in [-0.39, 0.29) is 12.3 Å². The van der Waals surface area contributed by atoms with Crippen molar-refractivity contribution in [3.8, 4) is 0 Å². The molecular weight excluding hydrogens is 276 g/mol. The molecule has 1 fully saturated rings. The van der Waals surface area contributed by atoms with E-state index >= 15 is 0 Å². The van der Waals surface area contributed by atoms with E-state index in [1.165, 1.54) is 6.26 Å². The van der Waals surface area contributed by atoms with Crippen LogP contribution in [-0.4, -0.2) is 56.7 Å². The summed E-state index contributed by atoms with van der Waals surface area (Å²) in [6, 6.07) is -1.51. The van der Waals surface area contributed by atoms with Gasteiger partial charge in [-0.15, -0.1) is 0 Å². The second kappa shape index (κ2) is 8.73. The van der Waals surface area contributed by atoms with Crippen molar-refractivity contribution in [2.75, 3.05) is 12.0 Å². The van der Waals surface area contributed by atoms with Gasteiger partial charge in [0.15, 0.2) is 0 Å². The molecular formula is C10H18N2O6S. The first-order valence-electron chi connectivity index (χ1n) is 5.54. The largest absolute Gasteiger partial charge is 0.617 e. The summed E-state index contributed by atoms with van der Waals surface area (Å²) in [6.45, 7) is 0. The summed E-state index contributed by atoms with van der Waals surface area (Å²) in [4.78, 5) is 30.6. The zero-order chi connectivity index (χ0) is 15.0. The van der Waals surface area contributed by atoms with E-state index in [0.29, 0.717) is 18.6 Å². The molecule has 2 unspecified atom stereocenters. The van der Waals surface area contributed by atoms with Gasteiger partial charge in [0.05, 0.1) is 6.26 Å². The number of carbonyl (C=O) groups is 3. The van der Waals surface area contributed by atoms with Crippen LogP contribution >= 0.6 is 0 Å². The van der Waals surface area contributed by atoms with Crippen LogP contribution in [0.4, 0.5) is 0 Å². The maximum atomic E-state index is 10.4. The van der Waals surface area contributed by atoms with Crippen LogP contribution in [-0.2, 0) is 25.6 Å². The Balaban J connectivity index is 0.000000342. The van der Waals surface area contributed by atoms with Gasteiger partial charge < -0.3 is 25.8 Å². The lowest BCUT2D eigenvalue weighted by atomic mass is 10.2. The normalized spacial score (nSPS) is 20.8. The second-order valence-corrected chi connectivity index (χ2v) is 5.56. The van der Waals surface area contributed by atoms with E-state index in [1.807, 2.05) is 0 Å². The van der Waals surface area contributed by atoms with Crippen molar-refractivity contribution in [1.29, 1.82) is 0 Å². The lowest BCUT2D eigenvalue weighted by Gasteiger charge is -2.06. The van der Waals surface area contributed by atoms with E-state index < -0.39 is 35.2 Å². The van der Waals surface area contributed by atoms with Crippen LogP contribution in [0.15, 0.2) is 0 Å². The van der Waals surface area contributed by atoms with Gasteiger partial charge in [0, 0.05) is 12.8 Å². The number of nitrogens with two attached hydrogens (primary N) is 1. The fraction of sp³-hybridized carbons (Fsp3) is 0.700. The molecule has 5 N–H and O–H groups in total. The summed E-state index contributed by atoms with van der Waals surface area (Å²) in [5.41, 5.74) is 5.13. The molecule has 9 heteroatoms. The Morgan fingerprint density at radius 1 is 1.58 bits per heavy atom. The van der Waals surface area contributed by atoms with Gasteiger partial charge in [-0.2, -0.15) is 0 Å². The first kappa shape index (κ1) is 17.7. The average molecular weight is 294 g/mol. The molecule has 0 aliphatic carbocycles. The van der Waals surface area contributed by atoms with Crippen molar-refractivity contribution in [2.24, 2.45) is 5.73 Å². The maximum Gasteiger partial charge on any atom is 0.326 e. The second-order valence-electron chi connectivity index (χ2n) is 4.01. The Kier molecular flexibility index (Phi) is 8.12. The highest BCUT2D eigenvalue weighted by Gasteiger charge is 2.26. The summed E-state index contributed by atoms with van der Waals surface area (Å²) < 4.78 is 10.4. The van der Waals surface area contributed by atoms with Crippen molar-refractivity contribution in [3.63, 3.8) is 0 Å². The molecule has 0 spiro atoms. The molecule has 8 nitrogen and oxygen atoms in total. The zero-order valence-electron chi connectivity index (χ0n) is 10.5. The van der Waals surface area contributed by atoms with Gasteiger partial charge in [-0.3, -0.25) is 9.59 Å². The monoisotopic (exact) mass is 294 g/mol. The number of nitrogens with one attached hydrogen (secondary N) is 1. The number of rotatable bonds is 5. The SMILES string of the molecule is C[S+]([O-])CCC(N)C(=O)O.O=C1CC[C@@H](C(=O)O)N1. The third-order valence-electron chi connectivity index (χ3n) is 2.33. The number of hydrogen-bond donors (Lipinski definition) is 4. The number of carboxylic acid groups (broad SMARTS) is 2. The molecule has 1 heterocycles. The predicted molar refractivity (Wildman–Crippen MR) is 68.0 cm³/mol. The summed E-state index contributed by atoms with van der Waals surface area (Å²) in [5, 5.41) is 18.9. The number of carbonyl (C=O) groups excluding carboxylic acids is 1.